The lowest BCUT2D eigenvalue weighted by molar-refractivity contribution is -0.246. The molecule has 0 aromatic heterocycles. The van der Waals surface area contributed by atoms with Crippen LogP contribution in [0, 0.1) is 0 Å². The average molecular weight is 460 g/mol. The monoisotopic (exact) mass is 459 g/mol. The molecule has 1 aromatic rings. The molecule has 6 rings (SSSR count). The topological polar surface area (TPSA) is 84.5 Å². The van der Waals surface area contributed by atoms with Crippen molar-refractivity contribution in [2.45, 2.75) is 106 Å². The summed E-state index contributed by atoms with van der Waals surface area (Å²) in [4.78, 5) is 13.5. The zero-order chi connectivity index (χ0) is 22.5. The number of para-hydroxylation sites is 2. The van der Waals surface area contributed by atoms with Gasteiger partial charge in [0.2, 0.25) is 0 Å². The van der Waals surface area contributed by atoms with Crippen molar-refractivity contribution in [1.82, 2.24) is 0 Å². The molecule has 0 unspecified atom stereocenters. The molecule has 2 aliphatic carbocycles. The summed E-state index contributed by atoms with van der Waals surface area (Å²) in [6.07, 6.45) is 7.02. The first-order valence-corrected chi connectivity index (χ1v) is 12.4. The number of hydrogen-bond acceptors (Lipinski definition) is 7. The largest absolute Gasteiger partial charge is 0.495 e. The van der Waals surface area contributed by atoms with Gasteiger partial charge in [-0.25, -0.2) is 0 Å². The summed E-state index contributed by atoms with van der Waals surface area (Å²) < 4.78 is 37.7. The highest BCUT2D eigenvalue weighted by Crippen LogP contribution is 2.51. The van der Waals surface area contributed by atoms with Crippen LogP contribution in [0.5, 0.6) is 5.75 Å². The summed E-state index contributed by atoms with van der Waals surface area (Å²) in [6.45, 7) is 0. The van der Waals surface area contributed by atoms with Gasteiger partial charge in [0.1, 0.15) is 24.1 Å². The van der Waals surface area contributed by atoms with Crippen molar-refractivity contribution in [2.24, 2.45) is 0 Å². The molecule has 5 fully saturated rings. The molecule has 8 heteroatoms. The standard InChI is InChI=1S/C25H33NO7/c1-28-17-11-5-4-10-16(17)26-22(27)20-18-19(31-24(30-18)12-6-2-7-13-24)21-23(29-20)33-25(32-21)14-8-3-9-15-25/h4-5,10-11,18-21,23H,2-3,6-9,12-15H2,1H3,(H,26,27)/t18-,19-,20-,21-,23-/m1/s1. The zero-order valence-electron chi connectivity index (χ0n) is 19.1. The van der Waals surface area contributed by atoms with E-state index in [4.69, 9.17) is 28.4 Å². The van der Waals surface area contributed by atoms with Crippen LogP contribution in [0.3, 0.4) is 0 Å². The second kappa shape index (κ2) is 8.50. The third kappa shape index (κ3) is 3.86. The predicted octanol–water partition coefficient (Wildman–Crippen LogP) is 3.88. The number of carbonyl (C=O) groups is 1. The Bertz CT molecular complexity index is 879. The number of hydrogen-bond donors (Lipinski definition) is 1. The molecule has 33 heavy (non-hydrogen) atoms. The van der Waals surface area contributed by atoms with E-state index in [0.717, 1.165) is 51.4 Å². The molecule has 5 atom stereocenters. The molecule has 180 valence electrons. The normalized spacial score (nSPS) is 36.3. The molecule has 1 aromatic carbocycles. The number of carbonyl (C=O) groups excluding carboxylic acids is 1. The quantitative estimate of drug-likeness (QED) is 0.734. The van der Waals surface area contributed by atoms with Crippen LogP contribution >= 0.6 is 0 Å². The highest BCUT2D eigenvalue weighted by atomic mass is 16.9. The molecule has 0 bridgehead atoms. The Labute approximate surface area is 194 Å². The number of benzene rings is 1. The van der Waals surface area contributed by atoms with Gasteiger partial charge < -0.3 is 33.7 Å². The average Bonchev–Trinajstić information content (AvgIpc) is 3.37. The fourth-order valence-corrected chi connectivity index (χ4v) is 6.12. The van der Waals surface area contributed by atoms with Gasteiger partial charge in [0.25, 0.3) is 5.91 Å². The van der Waals surface area contributed by atoms with Crippen LogP contribution in [0.25, 0.3) is 0 Å². The predicted molar refractivity (Wildman–Crippen MR) is 118 cm³/mol. The van der Waals surface area contributed by atoms with Crippen LogP contribution < -0.4 is 10.1 Å². The summed E-state index contributed by atoms with van der Waals surface area (Å²) in [5.74, 6) is -1.01. The Morgan fingerprint density at radius 3 is 2.15 bits per heavy atom. The lowest BCUT2D eigenvalue weighted by Crippen LogP contribution is -2.58. The number of ether oxygens (including phenoxy) is 6. The van der Waals surface area contributed by atoms with E-state index in [1.807, 2.05) is 18.2 Å². The molecule has 0 radical (unpaired) electrons. The van der Waals surface area contributed by atoms with Gasteiger partial charge in [-0.2, -0.15) is 0 Å². The molecular weight excluding hydrogens is 426 g/mol. The zero-order valence-corrected chi connectivity index (χ0v) is 19.1. The first kappa shape index (κ1) is 21.8. The molecule has 8 nitrogen and oxygen atoms in total. The minimum absolute atomic E-state index is 0.294. The van der Waals surface area contributed by atoms with Gasteiger partial charge in [-0.15, -0.1) is 0 Å². The van der Waals surface area contributed by atoms with Crippen LogP contribution in [0.1, 0.15) is 64.2 Å². The van der Waals surface area contributed by atoms with E-state index in [0.29, 0.717) is 11.4 Å². The Balaban J connectivity index is 1.28. The van der Waals surface area contributed by atoms with E-state index in [1.54, 1.807) is 13.2 Å². The minimum atomic E-state index is -0.871. The van der Waals surface area contributed by atoms with Crippen LogP contribution in [0.2, 0.25) is 0 Å². The lowest BCUT2D eigenvalue weighted by atomic mass is 9.94. The van der Waals surface area contributed by atoms with Crippen molar-refractivity contribution in [3.63, 3.8) is 0 Å². The van der Waals surface area contributed by atoms with Crippen molar-refractivity contribution in [3.8, 4) is 5.75 Å². The fraction of sp³-hybridized carbons (Fsp3) is 0.720. The molecule has 3 saturated heterocycles. The summed E-state index contributed by atoms with van der Waals surface area (Å²) >= 11 is 0. The second-order valence-corrected chi connectivity index (χ2v) is 9.92. The fourth-order valence-electron chi connectivity index (χ4n) is 6.12. The van der Waals surface area contributed by atoms with Gasteiger partial charge in [-0.1, -0.05) is 25.0 Å². The van der Waals surface area contributed by atoms with Gasteiger partial charge in [0.15, 0.2) is 24.0 Å². The molecular formula is C25H33NO7. The van der Waals surface area contributed by atoms with E-state index in [1.165, 1.54) is 12.8 Å². The smallest absolute Gasteiger partial charge is 0.256 e. The summed E-state index contributed by atoms with van der Waals surface area (Å²) in [7, 11) is 1.58. The number of methoxy groups -OCH3 is 1. The van der Waals surface area contributed by atoms with E-state index in [-0.39, 0.29) is 5.91 Å². The number of anilines is 1. The maximum Gasteiger partial charge on any atom is 0.256 e. The van der Waals surface area contributed by atoms with E-state index < -0.39 is 42.3 Å². The molecule has 2 saturated carbocycles. The second-order valence-electron chi connectivity index (χ2n) is 9.92. The molecule has 5 aliphatic rings. The highest BCUT2D eigenvalue weighted by Gasteiger charge is 2.65. The van der Waals surface area contributed by atoms with Crippen LogP contribution in [0.4, 0.5) is 5.69 Å². The number of nitrogens with one attached hydrogen (secondary N) is 1. The van der Waals surface area contributed by atoms with Gasteiger partial charge in [0, 0.05) is 25.7 Å². The Morgan fingerprint density at radius 2 is 1.45 bits per heavy atom. The Morgan fingerprint density at radius 1 is 0.848 bits per heavy atom. The highest BCUT2D eigenvalue weighted by molar-refractivity contribution is 5.96. The van der Waals surface area contributed by atoms with Gasteiger partial charge in [0.05, 0.1) is 12.8 Å². The number of amides is 1. The molecule has 3 heterocycles. The summed E-state index contributed by atoms with van der Waals surface area (Å²) in [5, 5.41) is 2.97. The van der Waals surface area contributed by atoms with Gasteiger partial charge in [-0.3, -0.25) is 4.79 Å². The van der Waals surface area contributed by atoms with Gasteiger partial charge in [-0.05, 0) is 37.8 Å². The first-order valence-electron chi connectivity index (χ1n) is 12.4. The number of fused-ring (bicyclic) bond motifs is 3. The third-order valence-corrected chi connectivity index (χ3v) is 7.73. The molecule has 3 aliphatic heterocycles. The first-order chi connectivity index (χ1) is 16.1. The summed E-state index contributed by atoms with van der Waals surface area (Å²) in [5.41, 5.74) is 0.589. The van der Waals surface area contributed by atoms with Crippen molar-refractivity contribution < 1.29 is 33.2 Å². The number of rotatable bonds is 3. The maximum absolute atomic E-state index is 13.5. The van der Waals surface area contributed by atoms with E-state index >= 15 is 0 Å². The van der Waals surface area contributed by atoms with Crippen molar-refractivity contribution in [3.05, 3.63) is 24.3 Å². The van der Waals surface area contributed by atoms with Crippen LogP contribution in [0.15, 0.2) is 24.3 Å². The van der Waals surface area contributed by atoms with Crippen molar-refractivity contribution in [1.29, 1.82) is 0 Å². The minimum Gasteiger partial charge on any atom is -0.495 e. The molecule has 1 amide bonds. The Kier molecular flexibility index (Phi) is 5.62. The third-order valence-electron chi connectivity index (χ3n) is 7.73. The van der Waals surface area contributed by atoms with Gasteiger partial charge >= 0.3 is 0 Å². The maximum atomic E-state index is 13.5. The van der Waals surface area contributed by atoms with Crippen molar-refractivity contribution in [2.75, 3.05) is 12.4 Å². The van der Waals surface area contributed by atoms with Crippen LogP contribution in [-0.2, 0) is 28.5 Å². The SMILES string of the molecule is COc1ccccc1NC(=O)[C@@H]1O[C@@H]2OC3(CCCCC3)O[C@@H]2[C@@H]2OC3(CCCCC3)O[C@H]21. The van der Waals surface area contributed by atoms with Crippen LogP contribution in [-0.4, -0.2) is 55.3 Å². The summed E-state index contributed by atoms with van der Waals surface area (Å²) in [6, 6.07) is 7.33. The Hall–Kier alpha value is -1.71. The molecule has 2 spiro atoms. The molecule has 1 N–H and O–H groups in total. The lowest BCUT2D eigenvalue weighted by Gasteiger charge is -2.36. The van der Waals surface area contributed by atoms with Crippen molar-refractivity contribution >= 4 is 11.6 Å². The van der Waals surface area contributed by atoms with E-state index in [9.17, 15) is 4.79 Å². The van der Waals surface area contributed by atoms with E-state index in [2.05, 4.69) is 5.32 Å².